The number of nitrogens with zero attached hydrogens (tertiary/aromatic N) is 3. The molecule has 1 aromatic carbocycles. The van der Waals surface area contributed by atoms with Crippen molar-refractivity contribution >= 4 is 17.3 Å². The number of thiazole rings is 1. The fourth-order valence-electron chi connectivity index (χ4n) is 1.82. The van der Waals surface area contributed by atoms with Crippen LogP contribution in [0.2, 0.25) is 0 Å². The highest BCUT2D eigenvalue weighted by molar-refractivity contribution is 7.11. The third kappa shape index (κ3) is 4.27. The molecular formula is C15H16FN5S. The van der Waals surface area contributed by atoms with Gasteiger partial charge in [0.2, 0.25) is 0 Å². The highest BCUT2D eigenvalue weighted by Crippen LogP contribution is 2.11. The quantitative estimate of drug-likeness (QED) is 0.670. The number of rotatable bonds is 4. The van der Waals surface area contributed by atoms with E-state index in [4.69, 9.17) is 5.26 Å². The van der Waals surface area contributed by atoms with Crippen LogP contribution in [0.4, 0.5) is 4.39 Å². The summed E-state index contributed by atoms with van der Waals surface area (Å²) in [6, 6.07) is 6.28. The zero-order valence-electron chi connectivity index (χ0n) is 12.4. The third-order valence-corrected chi connectivity index (χ3v) is 3.83. The Morgan fingerprint density at radius 1 is 1.41 bits per heavy atom. The number of hydrogen-bond acceptors (Lipinski definition) is 4. The third-order valence-electron chi connectivity index (χ3n) is 2.92. The van der Waals surface area contributed by atoms with Gasteiger partial charge >= 0.3 is 0 Å². The van der Waals surface area contributed by atoms with Crippen molar-refractivity contribution in [3.8, 4) is 6.07 Å². The molecule has 0 spiro atoms. The normalized spacial score (nSPS) is 11.1. The predicted molar refractivity (Wildman–Crippen MR) is 85.0 cm³/mol. The van der Waals surface area contributed by atoms with Crippen molar-refractivity contribution in [2.45, 2.75) is 20.0 Å². The molecule has 2 aromatic rings. The molecule has 2 N–H and O–H groups in total. The van der Waals surface area contributed by atoms with Gasteiger partial charge in [-0.05, 0) is 25.1 Å². The van der Waals surface area contributed by atoms with Crippen LogP contribution in [0.1, 0.15) is 21.0 Å². The van der Waals surface area contributed by atoms with Gasteiger partial charge in [0.15, 0.2) is 5.96 Å². The Labute approximate surface area is 132 Å². The number of guanidine groups is 1. The second kappa shape index (κ2) is 7.52. The van der Waals surface area contributed by atoms with Crippen LogP contribution in [0.15, 0.2) is 29.4 Å². The first-order valence-electron chi connectivity index (χ1n) is 6.66. The predicted octanol–water partition coefficient (Wildman–Crippen LogP) is 2.33. The molecule has 0 fully saturated rings. The number of aromatic nitrogens is 1. The lowest BCUT2D eigenvalue weighted by atomic mass is 10.1. The van der Waals surface area contributed by atoms with Crippen molar-refractivity contribution in [2.75, 3.05) is 7.05 Å². The summed E-state index contributed by atoms with van der Waals surface area (Å²) >= 11 is 1.61. The average molecular weight is 317 g/mol. The molecule has 0 bridgehead atoms. The molecule has 1 heterocycles. The van der Waals surface area contributed by atoms with Gasteiger partial charge in [0.25, 0.3) is 0 Å². The summed E-state index contributed by atoms with van der Waals surface area (Å²) in [5.41, 5.74) is 0.853. The number of benzene rings is 1. The summed E-state index contributed by atoms with van der Waals surface area (Å²) in [7, 11) is 1.64. The number of hydrogen-bond donors (Lipinski definition) is 2. The molecule has 0 saturated carbocycles. The molecule has 0 aliphatic carbocycles. The van der Waals surface area contributed by atoms with Crippen LogP contribution in [-0.4, -0.2) is 18.0 Å². The lowest BCUT2D eigenvalue weighted by Gasteiger charge is -2.11. The van der Waals surface area contributed by atoms with Crippen molar-refractivity contribution in [3.05, 3.63) is 51.2 Å². The van der Waals surface area contributed by atoms with E-state index >= 15 is 0 Å². The van der Waals surface area contributed by atoms with Crippen molar-refractivity contribution in [1.29, 1.82) is 5.26 Å². The first-order chi connectivity index (χ1) is 10.6. The molecule has 0 atom stereocenters. The minimum Gasteiger partial charge on any atom is -0.352 e. The zero-order valence-corrected chi connectivity index (χ0v) is 13.2. The zero-order chi connectivity index (χ0) is 15.9. The number of nitriles is 1. The van der Waals surface area contributed by atoms with E-state index in [0.717, 1.165) is 9.88 Å². The molecule has 5 nitrogen and oxygen atoms in total. The largest absolute Gasteiger partial charge is 0.352 e. The Hall–Kier alpha value is -2.46. The Morgan fingerprint density at radius 2 is 2.18 bits per heavy atom. The van der Waals surface area contributed by atoms with E-state index in [9.17, 15) is 4.39 Å². The average Bonchev–Trinajstić information content (AvgIpc) is 2.94. The van der Waals surface area contributed by atoms with Crippen LogP contribution in [0.3, 0.4) is 0 Å². The standard InChI is InChI=1S/C15H16FN5S/c1-10-7-19-14(22-10)9-21-15(18-2)20-8-12-5-11(6-17)3-4-13(12)16/h3-5,7H,8-9H2,1-2H3,(H2,18,20,21). The topological polar surface area (TPSA) is 73.1 Å². The molecule has 22 heavy (non-hydrogen) atoms. The van der Waals surface area contributed by atoms with Gasteiger partial charge in [0, 0.05) is 30.2 Å². The Bertz CT molecular complexity index is 717. The molecule has 0 saturated heterocycles. The molecule has 0 aliphatic heterocycles. The number of aliphatic imine (C=N–C) groups is 1. The second-order valence-electron chi connectivity index (χ2n) is 4.56. The summed E-state index contributed by atoms with van der Waals surface area (Å²) in [5.74, 6) is 0.201. The van der Waals surface area contributed by atoms with Crippen molar-refractivity contribution in [1.82, 2.24) is 15.6 Å². The van der Waals surface area contributed by atoms with Crippen molar-refractivity contribution in [3.63, 3.8) is 0 Å². The van der Waals surface area contributed by atoms with Crippen LogP contribution in [-0.2, 0) is 13.1 Å². The van der Waals surface area contributed by atoms with Gasteiger partial charge in [-0.1, -0.05) is 0 Å². The fourth-order valence-corrected chi connectivity index (χ4v) is 2.55. The maximum absolute atomic E-state index is 13.7. The van der Waals surface area contributed by atoms with Gasteiger partial charge < -0.3 is 10.6 Å². The van der Waals surface area contributed by atoms with Crippen LogP contribution in [0, 0.1) is 24.1 Å². The summed E-state index contributed by atoms with van der Waals surface area (Å²) < 4.78 is 13.7. The molecule has 0 amide bonds. The van der Waals surface area contributed by atoms with Gasteiger partial charge in [-0.3, -0.25) is 4.99 Å². The highest BCUT2D eigenvalue weighted by atomic mass is 32.1. The number of nitrogens with one attached hydrogen (secondary N) is 2. The van der Waals surface area contributed by atoms with E-state index in [-0.39, 0.29) is 12.4 Å². The molecule has 0 unspecified atom stereocenters. The minimum atomic E-state index is -0.350. The Balaban J connectivity index is 1.93. The van der Waals surface area contributed by atoms with Crippen molar-refractivity contribution < 1.29 is 4.39 Å². The monoisotopic (exact) mass is 317 g/mol. The van der Waals surface area contributed by atoms with Gasteiger partial charge in [-0.15, -0.1) is 11.3 Å². The fraction of sp³-hybridized carbons (Fsp3) is 0.267. The molecule has 1 aromatic heterocycles. The van der Waals surface area contributed by atoms with E-state index in [0.29, 0.717) is 23.6 Å². The van der Waals surface area contributed by atoms with Crippen LogP contribution in [0.25, 0.3) is 0 Å². The van der Waals surface area contributed by atoms with Crippen LogP contribution >= 0.6 is 11.3 Å². The van der Waals surface area contributed by atoms with Crippen molar-refractivity contribution in [2.24, 2.45) is 4.99 Å². The summed E-state index contributed by atoms with van der Waals surface area (Å²) in [6.45, 7) is 2.80. The molecule has 0 aliphatic rings. The van der Waals surface area contributed by atoms with Gasteiger partial charge in [0.1, 0.15) is 10.8 Å². The maximum atomic E-state index is 13.7. The first-order valence-corrected chi connectivity index (χ1v) is 7.48. The lowest BCUT2D eigenvalue weighted by molar-refractivity contribution is 0.604. The van der Waals surface area contributed by atoms with E-state index in [2.05, 4.69) is 20.6 Å². The van der Waals surface area contributed by atoms with Gasteiger partial charge in [-0.25, -0.2) is 9.37 Å². The van der Waals surface area contributed by atoms with E-state index in [1.807, 2.05) is 19.2 Å². The molecule has 2 rings (SSSR count). The lowest BCUT2D eigenvalue weighted by Crippen LogP contribution is -2.36. The summed E-state index contributed by atoms with van der Waals surface area (Å²) in [6.07, 6.45) is 1.82. The summed E-state index contributed by atoms with van der Waals surface area (Å²) in [5, 5.41) is 15.9. The minimum absolute atomic E-state index is 0.248. The molecular weight excluding hydrogens is 301 g/mol. The van der Waals surface area contributed by atoms with Crippen LogP contribution in [0.5, 0.6) is 0 Å². The first kappa shape index (κ1) is 15.9. The summed E-state index contributed by atoms with van der Waals surface area (Å²) in [4.78, 5) is 9.48. The highest BCUT2D eigenvalue weighted by Gasteiger charge is 2.06. The Morgan fingerprint density at radius 3 is 2.82 bits per heavy atom. The van der Waals surface area contributed by atoms with E-state index in [1.165, 1.54) is 18.2 Å². The van der Waals surface area contributed by atoms with Crippen LogP contribution < -0.4 is 10.6 Å². The number of aryl methyl sites for hydroxylation is 1. The SMILES string of the molecule is CN=C(NCc1ncc(C)s1)NCc1cc(C#N)ccc1F. The molecule has 7 heteroatoms. The maximum Gasteiger partial charge on any atom is 0.191 e. The second-order valence-corrected chi connectivity index (χ2v) is 5.88. The van der Waals surface area contributed by atoms with E-state index in [1.54, 1.807) is 18.4 Å². The number of halogens is 1. The van der Waals surface area contributed by atoms with E-state index < -0.39 is 0 Å². The molecule has 114 valence electrons. The molecule has 0 radical (unpaired) electrons. The smallest absolute Gasteiger partial charge is 0.191 e. The Kier molecular flexibility index (Phi) is 5.44. The van der Waals surface area contributed by atoms with Gasteiger partial charge in [-0.2, -0.15) is 5.26 Å². The van der Waals surface area contributed by atoms with Gasteiger partial charge in [0.05, 0.1) is 18.2 Å².